The number of ether oxygens (including phenoxy) is 2. The van der Waals surface area contributed by atoms with E-state index >= 15 is 0 Å². The number of aromatic nitrogens is 1. The molecule has 1 rings (SSSR count). The van der Waals surface area contributed by atoms with E-state index in [1.54, 1.807) is 0 Å². The van der Waals surface area contributed by atoms with Gasteiger partial charge in [-0.25, -0.2) is 0 Å². The van der Waals surface area contributed by atoms with Crippen LogP contribution < -0.4 is 10.1 Å². The molecule has 0 saturated heterocycles. The molecule has 0 aromatic carbocycles. The summed E-state index contributed by atoms with van der Waals surface area (Å²) < 4.78 is 11.2. The van der Waals surface area contributed by atoms with Gasteiger partial charge in [0.15, 0.2) is 0 Å². The lowest BCUT2D eigenvalue weighted by Crippen LogP contribution is -2.16. The van der Waals surface area contributed by atoms with Gasteiger partial charge in [0.1, 0.15) is 12.4 Å². The summed E-state index contributed by atoms with van der Waals surface area (Å²) in [6.07, 6.45) is 0. The first-order valence-corrected chi connectivity index (χ1v) is 7.01. The Morgan fingerprint density at radius 1 is 1.26 bits per heavy atom. The molecule has 4 heteroatoms. The second-order valence-electron chi connectivity index (χ2n) is 5.00. The summed E-state index contributed by atoms with van der Waals surface area (Å²) in [6.45, 7) is 12.0. The van der Waals surface area contributed by atoms with Gasteiger partial charge in [0.05, 0.1) is 12.3 Å². The number of pyridine rings is 1. The monoisotopic (exact) mass is 266 g/mol. The van der Waals surface area contributed by atoms with E-state index in [1.807, 2.05) is 19.1 Å². The van der Waals surface area contributed by atoms with E-state index in [9.17, 15) is 0 Å². The van der Waals surface area contributed by atoms with Crippen LogP contribution in [0.2, 0.25) is 0 Å². The van der Waals surface area contributed by atoms with Crippen molar-refractivity contribution in [3.05, 3.63) is 23.5 Å². The number of aryl methyl sites for hydroxylation is 1. The van der Waals surface area contributed by atoms with Crippen LogP contribution in [0.3, 0.4) is 0 Å². The lowest BCUT2D eigenvalue weighted by atomic mass is 10.2. The van der Waals surface area contributed by atoms with Gasteiger partial charge in [0.2, 0.25) is 0 Å². The molecule has 1 heterocycles. The van der Waals surface area contributed by atoms with E-state index in [2.05, 4.69) is 31.1 Å². The van der Waals surface area contributed by atoms with Gasteiger partial charge in [-0.05, 0) is 31.5 Å². The van der Waals surface area contributed by atoms with Crippen molar-refractivity contribution in [2.45, 2.75) is 34.2 Å². The molecule has 0 aliphatic carbocycles. The fourth-order valence-electron chi connectivity index (χ4n) is 1.63. The maximum Gasteiger partial charge on any atom is 0.142 e. The molecule has 0 bridgehead atoms. The zero-order valence-corrected chi connectivity index (χ0v) is 12.5. The fourth-order valence-corrected chi connectivity index (χ4v) is 1.63. The molecule has 0 atom stereocenters. The highest BCUT2D eigenvalue weighted by atomic mass is 16.5. The minimum absolute atomic E-state index is 0.561. The third-order valence-electron chi connectivity index (χ3n) is 2.55. The van der Waals surface area contributed by atoms with E-state index in [4.69, 9.17) is 9.47 Å². The second kappa shape index (κ2) is 8.88. The Kier molecular flexibility index (Phi) is 7.45. The molecule has 0 fully saturated rings. The van der Waals surface area contributed by atoms with Crippen LogP contribution >= 0.6 is 0 Å². The average Bonchev–Trinajstić information content (AvgIpc) is 2.37. The summed E-state index contributed by atoms with van der Waals surface area (Å²) >= 11 is 0. The van der Waals surface area contributed by atoms with Gasteiger partial charge in [-0.15, -0.1) is 0 Å². The number of rotatable bonds is 9. The Morgan fingerprint density at radius 2 is 2.05 bits per heavy atom. The molecule has 1 aromatic heterocycles. The Bertz CT molecular complexity index is 367. The predicted molar refractivity (Wildman–Crippen MR) is 77.5 cm³/mol. The van der Waals surface area contributed by atoms with Gasteiger partial charge in [-0.1, -0.05) is 20.8 Å². The van der Waals surface area contributed by atoms with Gasteiger partial charge in [0.25, 0.3) is 0 Å². The third kappa shape index (κ3) is 6.55. The summed E-state index contributed by atoms with van der Waals surface area (Å²) in [5, 5.41) is 3.27. The summed E-state index contributed by atoms with van der Waals surface area (Å²) in [4.78, 5) is 4.51. The van der Waals surface area contributed by atoms with E-state index in [-0.39, 0.29) is 0 Å². The highest BCUT2D eigenvalue weighted by Gasteiger charge is 2.05. The highest BCUT2D eigenvalue weighted by molar-refractivity contribution is 5.29. The summed E-state index contributed by atoms with van der Waals surface area (Å²) in [7, 11) is 0. The Labute approximate surface area is 116 Å². The maximum atomic E-state index is 5.74. The lowest BCUT2D eigenvalue weighted by molar-refractivity contribution is 0.0814. The number of hydrogen-bond donors (Lipinski definition) is 1. The smallest absolute Gasteiger partial charge is 0.142 e. The van der Waals surface area contributed by atoms with Gasteiger partial charge in [-0.3, -0.25) is 4.98 Å². The zero-order valence-electron chi connectivity index (χ0n) is 12.5. The molecule has 0 radical (unpaired) electrons. The van der Waals surface area contributed by atoms with Crippen LogP contribution in [0.4, 0.5) is 0 Å². The first-order chi connectivity index (χ1) is 9.13. The van der Waals surface area contributed by atoms with E-state index in [0.29, 0.717) is 19.1 Å². The van der Waals surface area contributed by atoms with Gasteiger partial charge < -0.3 is 14.8 Å². The molecule has 0 saturated carbocycles. The molecule has 1 N–H and O–H groups in total. The molecule has 0 unspecified atom stereocenters. The lowest BCUT2D eigenvalue weighted by Gasteiger charge is -2.12. The molecular formula is C15H26N2O2. The summed E-state index contributed by atoms with van der Waals surface area (Å²) in [5.41, 5.74) is 1.97. The van der Waals surface area contributed by atoms with Crippen LogP contribution in [0.1, 0.15) is 32.2 Å². The Morgan fingerprint density at radius 3 is 2.74 bits per heavy atom. The van der Waals surface area contributed by atoms with Crippen LogP contribution in [-0.2, 0) is 11.3 Å². The predicted octanol–water partition coefficient (Wildman–Crippen LogP) is 2.55. The Hall–Kier alpha value is -1.13. The zero-order chi connectivity index (χ0) is 14.1. The van der Waals surface area contributed by atoms with Crippen LogP contribution in [0.5, 0.6) is 5.75 Å². The quantitative estimate of drug-likeness (QED) is 0.698. The van der Waals surface area contributed by atoms with Crippen molar-refractivity contribution in [3.8, 4) is 5.75 Å². The van der Waals surface area contributed by atoms with Crippen molar-refractivity contribution < 1.29 is 9.47 Å². The average molecular weight is 266 g/mol. The van der Waals surface area contributed by atoms with Crippen LogP contribution in [0, 0.1) is 12.8 Å². The fraction of sp³-hybridized carbons (Fsp3) is 0.667. The maximum absolute atomic E-state index is 5.74. The van der Waals surface area contributed by atoms with E-state index in [0.717, 1.165) is 36.8 Å². The molecule has 4 nitrogen and oxygen atoms in total. The van der Waals surface area contributed by atoms with Gasteiger partial charge in [-0.2, -0.15) is 0 Å². The number of nitrogens with one attached hydrogen (secondary N) is 1. The molecule has 0 amide bonds. The first-order valence-electron chi connectivity index (χ1n) is 7.01. The third-order valence-corrected chi connectivity index (χ3v) is 2.55. The number of nitrogens with zero attached hydrogens (tertiary/aromatic N) is 1. The highest BCUT2D eigenvalue weighted by Crippen LogP contribution is 2.16. The van der Waals surface area contributed by atoms with Crippen LogP contribution in [0.25, 0.3) is 0 Å². The van der Waals surface area contributed by atoms with Crippen molar-refractivity contribution in [3.63, 3.8) is 0 Å². The summed E-state index contributed by atoms with van der Waals surface area (Å²) in [5.74, 6) is 1.41. The van der Waals surface area contributed by atoms with Crippen molar-refractivity contribution in [2.24, 2.45) is 5.92 Å². The minimum Gasteiger partial charge on any atom is -0.489 e. The first kappa shape index (κ1) is 15.9. The normalized spacial score (nSPS) is 11.0. The standard InChI is InChI=1S/C15H26N2O2/c1-5-16-10-14-15(7-6-13(4)17-14)19-9-8-18-11-12(2)3/h6-7,12,16H,5,8-11H2,1-4H3. The van der Waals surface area contributed by atoms with Crippen molar-refractivity contribution in [1.29, 1.82) is 0 Å². The van der Waals surface area contributed by atoms with E-state index < -0.39 is 0 Å². The largest absolute Gasteiger partial charge is 0.489 e. The van der Waals surface area contributed by atoms with Gasteiger partial charge in [0, 0.05) is 18.8 Å². The van der Waals surface area contributed by atoms with Crippen molar-refractivity contribution >= 4 is 0 Å². The molecule has 19 heavy (non-hydrogen) atoms. The van der Waals surface area contributed by atoms with Crippen molar-refractivity contribution in [1.82, 2.24) is 10.3 Å². The van der Waals surface area contributed by atoms with Crippen LogP contribution in [0.15, 0.2) is 12.1 Å². The SMILES string of the molecule is CCNCc1nc(C)ccc1OCCOCC(C)C. The molecule has 0 spiro atoms. The number of hydrogen-bond acceptors (Lipinski definition) is 4. The topological polar surface area (TPSA) is 43.4 Å². The molecule has 108 valence electrons. The molecule has 0 aliphatic rings. The molecule has 1 aromatic rings. The Balaban J connectivity index is 2.43. The molecular weight excluding hydrogens is 240 g/mol. The molecule has 0 aliphatic heterocycles. The van der Waals surface area contributed by atoms with Crippen molar-refractivity contribution in [2.75, 3.05) is 26.4 Å². The van der Waals surface area contributed by atoms with E-state index in [1.165, 1.54) is 0 Å². The second-order valence-corrected chi connectivity index (χ2v) is 5.00. The van der Waals surface area contributed by atoms with Crippen LogP contribution in [-0.4, -0.2) is 31.3 Å². The summed E-state index contributed by atoms with van der Waals surface area (Å²) in [6, 6.07) is 3.96. The minimum atomic E-state index is 0.561. The van der Waals surface area contributed by atoms with Gasteiger partial charge >= 0.3 is 0 Å².